The lowest BCUT2D eigenvalue weighted by Gasteiger charge is -2.28. The molecule has 0 aliphatic carbocycles. The number of carbonyl (C=O) groups is 1. The second kappa shape index (κ2) is 11.4. The van der Waals surface area contributed by atoms with E-state index in [1.54, 1.807) is 30.3 Å². The van der Waals surface area contributed by atoms with Crippen LogP contribution in [0.1, 0.15) is 12.0 Å². The zero-order valence-corrected chi connectivity index (χ0v) is 15.6. The Bertz CT molecular complexity index is 532. The monoisotopic (exact) mass is 394 g/mol. The molecule has 1 rings (SSSR count). The van der Waals surface area contributed by atoms with Gasteiger partial charge in [-0.05, 0) is 24.0 Å². The average Bonchev–Trinajstić information content (AvgIpc) is 2.61. The first-order valence-electron chi connectivity index (χ1n) is 8.11. The maximum Gasteiger partial charge on any atom is 0.406 e. The molecule has 0 aliphatic rings. The summed E-state index contributed by atoms with van der Waals surface area (Å²) in [4.78, 5) is 11.7. The van der Waals surface area contributed by atoms with Crippen LogP contribution >= 0.6 is 11.8 Å². The third kappa shape index (κ3) is 7.94. The quantitative estimate of drug-likeness (QED) is 0.499. The number of methoxy groups -OCH3 is 1. The summed E-state index contributed by atoms with van der Waals surface area (Å²) in [7, 11) is 1.21. The molecule has 3 N–H and O–H groups in total. The summed E-state index contributed by atoms with van der Waals surface area (Å²) in [6.07, 6.45) is -4.12. The van der Waals surface area contributed by atoms with Crippen LogP contribution < -0.4 is 10.6 Å². The number of carbonyl (C=O) groups excluding carboxylic acids is 1. The molecule has 2 unspecified atom stereocenters. The van der Waals surface area contributed by atoms with Gasteiger partial charge in [-0.1, -0.05) is 30.3 Å². The van der Waals surface area contributed by atoms with Gasteiger partial charge in [-0.25, -0.2) is 0 Å². The standard InChI is InChI=1S/C17H25F3N2O3S/c1-25-16(24)13(8-9-26-2)21-11-14(23)15(17(18,19)20)22-10-12-6-4-3-5-7-12/h3-7,13-15,21-23H,8-11H2,1-2H3/t13-,14?,15?/m0/s1. The van der Waals surface area contributed by atoms with Gasteiger partial charge in [-0.3, -0.25) is 10.1 Å². The number of hydrogen-bond acceptors (Lipinski definition) is 6. The van der Waals surface area contributed by atoms with Crippen LogP contribution in [0.25, 0.3) is 0 Å². The largest absolute Gasteiger partial charge is 0.468 e. The summed E-state index contributed by atoms with van der Waals surface area (Å²) in [6, 6.07) is 5.74. The van der Waals surface area contributed by atoms with Crippen LogP contribution in [0.3, 0.4) is 0 Å². The van der Waals surface area contributed by atoms with E-state index in [2.05, 4.69) is 15.4 Å². The van der Waals surface area contributed by atoms with E-state index in [-0.39, 0.29) is 13.1 Å². The van der Waals surface area contributed by atoms with Gasteiger partial charge in [-0.2, -0.15) is 24.9 Å². The molecule has 0 aliphatic heterocycles. The average molecular weight is 394 g/mol. The summed E-state index contributed by atoms with van der Waals surface area (Å²) in [5, 5.41) is 15.1. The lowest BCUT2D eigenvalue weighted by atomic mass is 10.1. The Kier molecular flexibility index (Phi) is 10.0. The van der Waals surface area contributed by atoms with Crippen molar-refractivity contribution in [2.24, 2.45) is 0 Å². The van der Waals surface area contributed by atoms with Crippen molar-refractivity contribution in [1.82, 2.24) is 10.6 Å². The summed E-state index contributed by atoms with van der Waals surface area (Å²) in [5.41, 5.74) is 0.675. The zero-order chi connectivity index (χ0) is 19.6. The molecule has 1 aromatic carbocycles. The summed E-state index contributed by atoms with van der Waals surface area (Å²) >= 11 is 1.51. The fourth-order valence-corrected chi connectivity index (χ4v) is 2.83. The lowest BCUT2D eigenvalue weighted by Crippen LogP contribution is -2.55. The van der Waals surface area contributed by atoms with Crippen LogP contribution in [0, 0.1) is 0 Å². The van der Waals surface area contributed by atoms with Gasteiger partial charge < -0.3 is 15.2 Å². The first kappa shape index (κ1) is 22.8. The van der Waals surface area contributed by atoms with Crippen molar-refractivity contribution in [3.8, 4) is 0 Å². The van der Waals surface area contributed by atoms with Crippen LogP contribution in [0.4, 0.5) is 13.2 Å². The molecular formula is C17H25F3N2O3S. The summed E-state index contributed by atoms with van der Waals surface area (Å²) in [6.45, 7) is -0.422. The predicted octanol–water partition coefficient (Wildman–Crippen LogP) is 1.95. The smallest absolute Gasteiger partial charge is 0.406 e. The number of benzene rings is 1. The highest BCUT2D eigenvalue weighted by molar-refractivity contribution is 7.98. The Hall–Kier alpha value is -1.29. The maximum absolute atomic E-state index is 13.3. The number of aliphatic hydroxyl groups excluding tert-OH is 1. The van der Waals surface area contributed by atoms with E-state index in [9.17, 15) is 23.1 Å². The van der Waals surface area contributed by atoms with E-state index < -0.39 is 30.3 Å². The Labute approximate surface area is 155 Å². The molecule has 0 aromatic heterocycles. The first-order chi connectivity index (χ1) is 12.3. The highest BCUT2D eigenvalue weighted by atomic mass is 32.2. The van der Waals surface area contributed by atoms with Crippen LogP contribution in [-0.2, 0) is 16.1 Å². The van der Waals surface area contributed by atoms with Crippen molar-refractivity contribution in [2.45, 2.75) is 37.3 Å². The number of ether oxygens (including phenoxy) is 1. The van der Waals surface area contributed by atoms with Crippen LogP contribution in [0.5, 0.6) is 0 Å². The molecule has 9 heteroatoms. The minimum Gasteiger partial charge on any atom is -0.468 e. The van der Waals surface area contributed by atoms with E-state index in [4.69, 9.17) is 0 Å². The molecule has 0 radical (unpaired) electrons. The molecule has 0 fully saturated rings. The molecule has 0 saturated heterocycles. The lowest BCUT2D eigenvalue weighted by molar-refractivity contribution is -0.178. The van der Waals surface area contributed by atoms with Gasteiger partial charge in [0, 0.05) is 13.1 Å². The van der Waals surface area contributed by atoms with Crippen molar-refractivity contribution in [3.05, 3.63) is 35.9 Å². The molecule has 1 aromatic rings. The Morgan fingerprint density at radius 2 is 1.92 bits per heavy atom. The van der Waals surface area contributed by atoms with Gasteiger partial charge in [0.1, 0.15) is 12.1 Å². The van der Waals surface area contributed by atoms with Crippen molar-refractivity contribution < 1.29 is 27.8 Å². The number of nitrogens with one attached hydrogen (secondary N) is 2. The number of aliphatic hydroxyl groups is 1. The number of rotatable bonds is 11. The van der Waals surface area contributed by atoms with Crippen LogP contribution in [0.2, 0.25) is 0 Å². The number of alkyl halides is 3. The molecule has 0 saturated carbocycles. The number of hydrogen-bond donors (Lipinski definition) is 3. The molecule has 0 spiro atoms. The molecule has 26 heavy (non-hydrogen) atoms. The van der Waals surface area contributed by atoms with Gasteiger partial charge in [0.25, 0.3) is 0 Å². The fourth-order valence-electron chi connectivity index (χ4n) is 2.36. The highest BCUT2D eigenvalue weighted by Crippen LogP contribution is 2.23. The van der Waals surface area contributed by atoms with Crippen LogP contribution in [-0.4, -0.2) is 61.1 Å². The van der Waals surface area contributed by atoms with Gasteiger partial charge in [0.15, 0.2) is 0 Å². The maximum atomic E-state index is 13.3. The first-order valence-corrected chi connectivity index (χ1v) is 9.51. The Morgan fingerprint density at radius 3 is 2.46 bits per heavy atom. The molecule has 0 heterocycles. The highest BCUT2D eigenvalue weighted by Gasteiger charge is 2.44. The Morgan fingerprint density at radius 1 is 1.27 bits per heavy atom. The number of halogens is 3. The normalized spacial score (nSPS) is 15.3. The van der Waals surface area contributed by atoms with Crippen molar-refractivity contribution in [2.75, 3.05) is 25.7 Å². The zero-order valence-electron chi connectivity index (χ0n) is 14.8. The third-order valence-corrected chi connectivity index (χ3v) is 4.42. The number of esters is 1. The second-order valence-electron chi connectivity index (χ2n) is 5.72. The molecule has 0 amide bonds. The predicted molar refractivity (Wildman–Crippen MR) is 95.9 cm³/mol. The van der Waals surface area contributed by atoms with Gasteiger partial charge in [0.2, 0.25) is 0 Å². The molecule has 5 nitrogen and oxygen atoms in total. The minimum atomic E-state index is -4.63. The van der Waals surface area contributed by atoms with Crippen molar-refractivity contribution >= 4 is 17.7 Å². The van der Waals surface area contributed by atoms with E-state index in [0.29, 0.717) is 17.7 Å². The second-order valence-corrected chi connectivity index (χ2v) is 6.70. The molecular weight excluding hydrogens is 369 g/mol. The van der Waals surface area contributed by atoms with Gasteiger partial charge in [0.05, 0.1) is 13.2 Å². The Balaban J connectivity index is 2.66. The molecule has 148 valence electrons. The summed E-state index contributed by atoms with van der Waals surface area (Å²) < 4.78 is 44.5. The van der Waals surface area contributed by atoms with E-state index >= 15 is 0 Å². The van der Waals surface area contributed by atoms with Gasteiger partial charge in [-0.15, -0.1) is 0 Å². The summed E-state index contributed by atoms with van der Waals surface area (Å²) in [5.74, 6) is 0.0738. The van der Waals surface area contributed by atoms with Gasteiger partial charge >= 0.3 is 12.1 Å². The number of thioether (sulfide) groups is 1. The van der Waals surface area contributed by atoms with E-state index in [1.807, 2.05) is 6.26 Å². The van der Waals surface area contributed by atoms with Crippen LogP contribution in [0.15, 0.2) is 30.3 Å². The third-order valence-electron chi connectivity index (χ3n) is 3.78. The van der Waals surface area contributed by atoms with Crippen molar-refractivity contribution in [1.29, 1.82) is 0 Å². The van der Waals surface area contributed by atoms with E-state index in [1.165, 1.54) is 18.9 Å². The minimum absolute atomic E-state index is 0.0328. The fraction of sp³-hybridized carbons (Fsp3) is 0.588. The molecule has 3 atom stereocenters. The van der Waals surface area contributed by atoms with Crippen molar-refractivity contribution in [3.63, 3.8) is 0 Å². The van der Waals surface area contributed by atoms with E-state index in [0.717, 1.165) is 0 Å². The molecule has 0 bridgehead atoms. The SMILES string of the molecule is COC(=O)[C@H](CCSC)NCC(O)C(NCc1ccccc1)C(F)(F)F. The topological polar surface area (TPSA) is 70.6 Å².